The van der Waals surface area contributed by atoms with Gasteiger partial charge in [0.05, 0.1) is 24.7 Å². The summed E-state index contributed by atoms with van der Waals surface area (Å²) in [6, 6.07) is 4.19. The van der Waals surface area contributed by atoms with E-state index >= 15 is 0 Å². The highest BCUT2D eigenvalue weighted by molar-refractivity contribution is 6.00. The van der Waals surface area contributed by atoms with E-state index < -0.39 is 29.5 Å². The van der Waals surface area contributed by atoms with Gasteiger partial charge >= 0.3 is 6.18 Å². The second-order valence-corrected chi connectivity index (χ2v) is 4.22. The fraction of sp³-hybridized carbons (Fsp3) is 0.417. The van der Waals surface area contributed by atoms with E-state index in [9.17, 15) is 18.0 Å². The highest BCUT2D eigenvalue weighted by Gasteiger charge is 2.39. The molecule has 2 atom stereocenters. The zero-order chi connectivity index (χ0) is 13.3. The first kappa shape index (κ1) is 13.0. The van der Waals surface area contributed by atoms with Crippen molar-refractivity contribution in [3.63, 3.8) is 0 Å². The summed E-state index contributed by atoms with van der Waals surface area (Å²) in [4.78, 5) is 12.1. The van der Waals surface area contributed by atoms with Gasteiger partial charge in [-0.2, -0.15) is 13.2 Å². The molecule has 0 bridgehead atoms. The predicted octanol–water partition coefficient (Wildman–Crippen LogP) is 1.86. The van der Waals surface area contributed by atoms with Gasteiger partial charge in [0.15, 0.2) is 5.78 Å². The summed E-state index contributed by atoms with van der Waals surface area (Å²) in [5, 5.41) is 0. The van der Waals surface area contributed by atoms with E-state index in [4.69, 9.17) is 10.5 Å². The van der Waals surface area contributed by atoms with Crippen LogP contribution in [0, 0.1) is 5.92 Å². The molecule has 2 unspecified atom stereocenters. The number of halogens is 3. The van der Waals surface area contributed by atoms with Gasteiger partial charge in [0, 0.05) is 11.6 Å². The van der Waals surface area contributed by atoms with Crippen molar-refractivity contribution >= 4 is 5.78 Å². The third-order valence-electron chi connectivity index (χ3n) is 2.96. The van der Waals surface area contributed by atoms with Gasteiger partial charge in [0.25, 0.3) is 0 Å². The van der Waals surface area contributed by atoms with Crippen molar-refractivity contribution in [3.8, 4) is 0 Å². The topological polar surface area (TPSA) is 52.3 Å². The zero-order valence-electron chi connectivity index (χ0n) is 9.41. The Labute approximate surface area is 102 Å². The summed E-state index contributed by atoms with van der Waals surface area (Å²) < 4.78 is 43.3. The molecule has 1 aromatic rings. The second kappa shape index (κ2) is 4.70. The van der Waals surface area contributed by atoms with Gasteiger partial charge in [-0.3, -0.25) is 4.79 Å². The van der Waals surface area contributed by atoms with Crippen LogP contribution in [-0.2, 0) is 10.9 Å². The number of hydrogen-bond acceptors (Lipinski definition) is 3. The van der Waals surface area contributed by atoms with E-state index in [-0.39, 0.29) is 18.8 Å². The standard InChI is InChI=1S/C12H12F3NO2/c13-12(14,15)9-4-2-1-3-7(9)11(17)8-5-18-6-10(8)16/h1-4,8,10H,5-6,16H2. The van der Waals surface area contributed by atoms with E-state index in [0.29, 0.717) is 0 Å². The van der Waals surface area contributed by atoms with Crippen molar-refractivity contribution in [2.45, 2.75) is 12.2 Å². The SMILES string of the molecule is NC1COCC1C(=O)c1ccccc1C(F)(F)F. The lowest BCUT2D eigenvalue weighted by molar-refractivity contribution is -0.137. The van der Waals surface area contributed by atoms with Crippen LogP contribution in [0.2, 0.25) is 0 Å². The molecule has 6 heteroatoms. The molecule has 1 aromatic carbocycles. The maximum Gasteiger partial charge on any atom is 0.417 e. The third kappa shape index (κ3) is 2.39. The van der Waals surface area contributed by atoms with Crippen LogP contribution in [0.3, 0.4) is 0 Å². The number of benzene rings is 1. The molecule has 0 saturated carbocycles. The monoisotopic (exact) mass is 259 g/mol. The minimum Gasteiger partial charge on any atom is -0.379 e. The van der Waals surface area contributed by atoms with Crippen LogP contribution >= 0.6 is 0 Å². The first-order chi connectivity index (χ1) is 8.41. The number of hydrogen-bond donors (Lipinski definition) is 1. The maximum absolute atomic E-state index is 12.8. The molecule has 0 radical (unpaired) electrons. The van der Waals surface area contributed by atoms with Crippen molar-refractivity contribution in [1.29, 1.82) is 0 Å². The van der Waals surface area contributed by atoms with Crippen molar-refractivity contribution in [2.24, 2.45) is 11.7 Å². The number of rotatable bonds is 2. The molecular weight excluding hydrogens is 247 g/mol. The third-order valence-corrected chi connectivity index (χ3v) is 2.96. The average molecular weight is 259 g/mol. The van der Waals surface area contributed by atoms with E-state index in [1.807, 2.05) is 0 Å². The van der Waals surface area contributed by atoms with Gasteiger partial charge in [-0.15, -0.1) is 0 Å². The summed E-state index contributed by atoms with van der Waals surface area (Å²) in [6.07, 6.45) is -4.55. The molecule has 3 nitrogen and oxygen atoms in total. The van der Waals surface area contributed by atoms with Crippen molar-refractivity contribution in [2.75, 3.05) is 13.2 Å². The molecule has 2 N–H and O–H groups in total. The lowest BCUT2D eigenvalue weighted by Gasteiger charge is -2.16. The maximum atomic E-state index is 12.8. The highest BCUT2D eigenvalue weighted by atomic mass is 19.4. The van der Waals surface area contributed by atoms with Crippen molar-refractivity contribution in [3.05, 3.63) is 35.4 Å². The lowest BCUT2D eigenvalue weighted by atomic mass is 9.91. The Bertz CT molecular complexity index is 459. The van der Waals surface area contributed by atoms with Crippen LogP contribution in [0.25, 0.3) is 0 Å². The summed E-state index contributed by atoms with van der Waals surface area (Å²) in [6.45, 7) is 0.275. The molecule has 0 spiro atoms. The lowest BCUT2D eigenvalue weighted by Crippen LogP contribution is -2.35. The molecule has 18 heavy (non-hydrogen) atoms. The number of carbonyl (C=O) groups is 1. The van der Waals surface area contributed by atoms with Crippen molar-refractivity contribution in [1.82, 2.24) is 0 Å². The fourth-order valence-corrected chi connectivity index (χ4v) is 1.99. The molecule has 0 aliphatic carbocycles. The van der Waals surface area contributed by atoms with E-state index in [2.05, 4.69) is 0 Å². The van der Waals surface area contributed by atoms with Crippen LogP contribution in [0.4, 0.5) is 13.2 Å². The Hall–Kier alpha value is -1.40. The zero-order valence-corrected chi connectivity index (χ0v) is 9.41. The number of ether oxygens (including phenoxy) is 1. The number of alkyl halides is 3. The van der Waals surface area contributed by atoms with Gasteiger partial charge in [-0.1, -0.05) is 18.2 Å². The predicted molar refractivity (Wildman–Crippen MR) is 58.1 cm³/mol. The molecule has 1 aliphatic rings. The molecule has 1 fully saturated rings. The summed E-state index contributed by atoms with van der Waals surface area (Å²) in [7, 11) is 0. The first-order valence-electron chi connectivity index (χ1n) is 5.45. The molecule has 0 aromatic heterocycles. The van der Waals surface area contributed by atoms with Crippen LogP contribution in [0.15, 0.2) is 24.3 Å². The fourth-order valence-electron chi connectivity index (χ4n) is 1.99. The van der Waals surface area contributed by atoms with E-state index in [1.165, 1.54) is 18.2 Å². The molecule has 2 rings (SSSR count). The minimum absolute atomic E-state index is 0.0756. The summed E-state index contributed by atoms with van der Waals surface area (Å²) in [5.41, 5.74) is 4.39. The number of Topliss-reactive ketones (excluding diaryl/α,β-unsaturated/α-hetero) is 1. The molecule has 1 heterocycles. The van der Waals surface area contributed by atoms with Gasteiger partial charge in [0.2, 0.25) is 0 Å². The van der Waals surface area contributed by atoms with Gasteiger partial charge in [0.1, 0.15) is 0 Å². The van der Waals surface area contributed by atoms with Gasteiger partial charge in [-0.25, -0.2) is 0 Å². The molecule has 1 saturated heterocycles. The quantitative estimate of drug-likeness (QED) is 0.825. The van der Waals surface area contributed by atoms with Crippen LogP contribution in [0.5, 0.6) is 0 Å². The van der Waals surface area contributed by atoms with Gasteiger partial charge < -0.3 is 10.5 Å². The highest BCUT2D eigenvalue weighted by Crippen LogP contribution is 2.33. The molecule has 0 amide bonds. The normalized spacial score (nSPS) is 24.2. The Kier molecular flexibility index (Phi) is 3.41. The Morgan fingerprint density at radius 3 is 2.50 bits per heavy atom. The summed E-state index contributed by atoms with van der Waals surface area (Å²) in [5.74, 6) is -1.30. The molecule has 1 aliphatic heterocycles. The minimum atomic E-state index is -4.55. The Balaban J connectivity index is 2.36. The number of ketones is 1. The van der Waals surface area contributed by atoms with E-state index in [0.717, 1.165) is 6.07 Å². The van der Waals surface area contributed by atoms with Crippen LogP contribution < -0.4 is 5.73 Å². The average Bonchev–Trinajstić information content (AvgIpc) is 2.73. The molecule has 98 valence electrons. The van der Waals surface area contributed by atoms with Crippen LogP contribution in [0.1, 0.15) is 15.9 Å². The first-order valence-corrected chi connectivity index (χ1v) is 5.45. The van der Waals surface area contributed by atoms with Gasteiger partial charge in [-0.05, 0) is 6.07 Å². The van der Waals surface area contributed by atoms with Crippen molar-refractivity contribution < 1.29 is 22.7 Å². The Morgan fingerprint density at radius 2 is 1.94 bits per heavy atom. The second-order valence-electron chi connectivity index (χ2n) is 4.22. The van der Waals surface area contributed by atoms with Crippen LogP contribution in [-0.4, -0.2) is 25.0 Å². The Morgan fingerprint density at radius 1 is 1.28 bits per heavy atom. The van der Waals surface area contributed by atoms with E-state index in [1.54, 1.807) is 0 Å². The molecular formula is C12H12F3NO2. The number of carbonyl (C=O) groups excluding carboxylic acids is 1. The number of nitrogens with two attached hydrogens (primary N) is 1. The summed E-state index contributed by atoms with van der Waals surface area (Å²) >= 11 is 0. The largest absolute Gasteiger partial charge is 0.417 e. The smallest absolute Gasteiger partial charge is 0.379 e.